The number of unbranched alkanes of at least 4 members (excludes halogenated alkanes) is 32. The van der Waals surface area contributed by atoms with Gasteiger partial charge in [-0.2, -0.15) is 0 Å². The Morgan fingerprint density at radius 3 is 1.05 bits per heavy atom. The lowest BCUT2D eigenvalue weighted by Crippen LogP contribution is -2.30. The molecule has 0 N–H and O–H groups in total. The topological polar surface area (TPSA) is 61.8 Å². The van der Waals surface area contributed by atoms with E-state index in [1.807, 2.05) is 0 Å². The van der Waals surface area contributed by atoms with Crippen LogP contribution in [0.2, 0.25) is 0 Å². The largest absolute Gasteiger partial charge is 0.462 e. The van der Waals surface area contributed by atoms with Crippen LogP contribution >= 0.6 is 0 Å². The molecule has 0 saturated heterocycles. The van der Waals surface area contributed by atoms with Crippen molar-refractivity contribution in [1.29, 1.82) is 0 Å². The lowest BCUT2D eigenvalue weighted by molar-refractivity contribution is -0.163. The van der Waals surface area contributed by atoms with Gasteiger partial charge < -0.3 is 14.2 Å². The minimum Gasteiger partial charge on any atom is -0.462 e. The predicted octanol–water partition coefficient (Wildman–Crippen LogP) is 19.7. The maximum Gasteiger partial charge on any atom is 0.306 e. The fraction of sp³-hybridized carbons (Fsp3) is 0.803. The highest BCUT2D eigenvalue weighted by Crippen LogP contribution is 2.15. The van der Waals surface area contributed by atoms with Gasteiger partial charge in [0, 0.05) is 19.4 Å². The van der Waals surface area contributed by atoms with Crippen molar-refractivity contribution >= 4 is 11.9 Å². The standard InChI is InChI=1S/C61H110O5/c1-4-7-10-13-16-19-22-25-27-29-30-31-33-35-38-41-44-47-50-53-56-64-57-59(66-61(63)55-52-49-46-43-40-36-24-21-18-15-12-9-6-3)58-65-60(62)54-51-48-45-42-39-37-34-32-28-26-23-20-17-14-11-8-5-2/h16-17,19-21,24-28,59H,4-15,18,22-23,29-58H2,1-3H3/b19-16-,20-17-,24-21-,27-25-,28-26-. The summed E-state index contributed by atoms with van der Waals surface area (Å²) in [6, 6.07) is 0. The third-order valence-corrected chi connectivity index (χ3v) is 12.5. The highest BCUT2D eigenvalue weighted by atomic mass is 16.6. The Morgan fingerprint density at radius 1 is 0.333 bits per heavy atom. The van der Waals surface area contributed by atoms with Gasteiger partial charge in [0.1, 0.15) is 6.61 Å². The van der Waals surface area contributed by atoms with Crippen molar-refractivity contribution in [2.45, 2.75) is 297 Å². The molecule has 0 aromatic rings. The molecule has 0 amide bonds. The molecule has 5 nitrogen and oxygen atoms in total. The molecule has 0 saturated carbocycles. The SMILES string of the molecule is CCCCC/C=C\C/C=C\CCCCCCCCCCCCOCC(COC(=O)CCCCCCCCC/C=C\C/C=C\CCCCC)OC(=O)CCCCCCC/C=C\CCCCCC. The van der Waals surface area contributed by atoms with Crippen molar-refractivity contribution in [1.82, 2.24) is 0 Å². The van der Waals surface area contributed by atoms with E-state index in [0.717, 1.165) is 70.6 Å². The van der Waals surface area contributed by atoms with E-state index in [-0.39, 0.29) is 25.2 Å². The zero-order valence-corrected chi connectivity index (χ0v) is 44.2. The lowest BCUT2D eigenvalue weighted by atomic mass is 10.1. The summed E-state index contributed by atoms with van der Waals surface area (Å²) < 4.78 is 17.5. The second kappa shape index (κ2) is 56.9. The van der Waals surface area contributed by atoms with Gasteiger partial charge >= 0.3 is 11.9 Å². The predicted molar refractivity (Wildman–Crippen MR) is 288 cm³/mol. The Morgan fingerprint density at radius 2 is 0.636 bits per heavy atom. The molecule has 66 heavy (non-hydrogen) atoms. The van der Waals surface area contributed by atoms with Crippen molar-refractivity contribution in [2.75, 3.05) is 19.8 Å². The summed E-state index contributed by atoms with van der Waals surface area (Å²) in [6.45, 7) is 7.78. The van der Waals surface area contributed by atoms with E-state index in [9.17, 15) is 9.59 Å². The molecular weight excluding hydrogens is 813 g/mol. The second-order valence-corrected chi connectivity index (χ2v) is 19.2. The number of ether oxygens (including phenoxy) is 3. The van der Waals surface area contributed by atoms with Gasteiger partial charge in [0.05, 0.1) is 6.61 Å². The van der Waals surface area contributed by atoms with E-state index in [1.165, 1.54) is 186 Å². The highest BCUT2D eigenvalue weighted by Gasteiger charge is 2.17. The molecule has 0 rings (SSSR count). The van der Waals surface area contributed by atoms with Crippen molar-refractivity contribution in [2.24, 2.45) is 0 Å². The van der Waals surface area contributed by atoms with E-state index >= 15 is 0 Å². The number of hydrogen-bond acceptors (Lipinski definition) is 5. The average Bonchev–Trinajstić information content (AvgIpc) is 3.32. The van der Waals surface area contributed by atoms with Gasteiger partial charge in [-0.3, -0.25) is 9.59 Å². The van der Waals surface area contributed by atoms with Crippen LogP contribution in [-0.4, -0.2) is 37.9 Å². The van der Waals surface area contributed by atoms with Crippen LogP contribution < -0.4 is 0 Å². The normalized spacial score (nSPS) is 12.6. The van der Waals surface area contributed by atoms with Crippen molar-refractivity contribution in [3.8, 4) is 0 Å². The molecule has 0 aromatic carbocycles. The van der Waals surface area contributed by atoms with Crippen molar-refractivity contribution < 1.29 is 23.8 Å². The summed E-state index contributed by atoms with van der Waals surface area (Å²) in [5.74, 6) is -0.408. The molecule has 0 radical (unpaired) electrons. The maximum absolute atomic E-state index is 12.8. The summed E-state index contributed by atoms with van der Waals surface area (Å²) in [7, 11) is 0. The Labute approximate surface area is 411 Å². The zero-order valence-electron chi connectivity index (χ0n) is 44.2. The quantitative estimate of drug-likeness (QED) is 0.0346. The Hall–Kier alpha value is -2.40. The summed E-state index contributed by atoms with van der Waals surface area (Å²) in [4.78, 5) is 25.5. The van der Waals surface area contributed by atoms with Crippen LogP contribution in [-0.2, 0) is 23.8 Å². The summed E-state index contributed by atoms with van der Waals surface area (Å²) in [5.41, 5.74) is 0. The third kappa shape index (κ3) is 54.2. The summed E-state index contributed by atoms with van der Waals surface area (Å²) in [5, 5.41) is 0. The molecule has 0 aliphatic heterocycles. The molecule has 0 aliphatic rings. The third-order valence-electron chi connectivity index (χ3n) is 12.5. The fourth-order valence-electron chi connectivity index (χ4n) is 8.15. The first kappa shape index (κ1) is 63.6. The smallest absolute Gasteiger partial charge is 0.306 e. The van der Waals surface area contributed by atoms with Crippen LogP contribution in [0.5, 0.6) is 0 Å². The van der Waals surface area contributed by atoms with Crippen LogP contribution in [0, 0.1) is 0 Å². The molecule has 0 heterocycles. The van der Waals surface area contributed by atoms with Crippen LogP contribution in [0.15, 0.2) is 60.8 Å². The lowest BCUT2D eigenvalue weighted by Gasteiger charge is -2.18. The van der Waals surface area contributed by atoms with Crippen molar-refractivity contribution in [3.63, 3.8) is 0 Å². The average molecular weight is 924 g/mol. The van der Waals surface area contributed by atoms with Gasteiger partial charge in [0.25, 0.3) is 0 Å². The Balaban J connectivity index is 4.25. The van der Waals surface area contributed by atoms with Gasteiger partial charge in [-0.1, -0.05) is 229 Å². The van der Waals surface area contributed by atoms with E-state index < -0.39 is 6.10 Å². The number of hydrogen-bond donors (Lipinski definition) is 0. The first-order chi connectivity index (χ1) is 32.6. The molecule has 0 spiro atoms. The van der Waals surface area contributed by atoms with Crippen LogP contribution in [0.1, 0.15) is 290 Å². The number of carbonyl (C=O) groups excluding carboxylic acids is 2. The molecular formula is C61H110O5. The van der Waals surface area contributed by atoms with Gasteiger partial charge in [-0.25, -0.2) is 0 Å². The molecule has 0 aromatic heterocycles. The molecule has 0 fully saturated rings. The highest BCUT2D eigenvalue weighted by molar-refractivity contribution is 5.70. The molecule has 384 valence electrons. The number of allylic oxidation sites excluding steroid dienone is 10. The molecule has 5 heteroatoms. The summed E-state index contributed by atoms with van der Waals surface area (Å²) in [6.07, 6.45) is 72.4. The minimum atomic E-state index is -0.546. The van der Waals surface area contributed by atoms with Gasteiger partial charge in [-0.15, -0.1) is 0 Å². The van der Waals surface area contributed by atoms with Gasteiger partial charge in [-0.05, 0) is 109 Å². The van der Waals surface area contributed by atoms with E-state index in [1.54, 1.807) is 0 Å². The summed E-state index contributed by atoms with van der Waals surface area (Å²) >= 11 is 0. The Bertz CT molecular complexity index is 1130. The number of esters is 2. The van der Waals surface area contributed by atoms with E-state index in [2.05, 4.69) is 81.5 Å². The van der Waals surface area contributed by atoms with Crippen LogP contribution in [0.4, 0.5) is 0 Å². The van der Waals surface area contributed by atoms with Gasteiger partial charge in [0.15, 0.2) is 6.10 Å². The number of rotatable bonds is 53. The number of carbonyl (C=O) groups is 2. The van der Waals surface area contributed by atoms with E-state index in [0.29, 0.717) is 19.4 Å². The maximum atomic E-state index is 12.8. The first-order valence-electron chi connectivity index (χ1n) is 28.8. The second-order valence-electron chi connectivity index (χ2n) is 19.2. The molecule has 0 aliphatic carbocycles. The van der Waals surface area contributed by atoms with Gasteiger partial charge in [0.2, 0.25) is 0 Å². The zero-order chi connectivity index (χ0) is 47.7. The monoisotopic (exact) mass is 923 g/mol. The molecule has 1 unspecified atom stereocenters. The molecule has 0 bridgehead atoms. The Kier molecular flexibility index (Phi) is 54.9. The molecule has 1 atom stereocenters. The fourth-order valence-corrected chi connectivity index (χ4v) is 8.15. The minimum absolute atomic E-state index is 0.0773. The van der Waals surface area contributed by atoms with Crippen molar-refractivity contribution in [3.05, 3.63) is 60.8 Å². The first-order valence-corrected chi connectivity index (χ1v) is 28.8. The van der Waals surface area contributed by atoms with Crippen LogP contribution in [0.25, 0.3) is 0 Å². The van der Waals surface area contributed by atoms with E-state index in [4.69, 9.17) is 14.2 Å². The van der Waals surface area contributed by atoms with Crippen LogP contribution in [0.3, 0.4) is 0 Å².